The van der Waals surface area contributed by atoms with Crippen LogP contribution < -0.4 is 0 Å². The first-order valence-electron chi connectivity index (χ1n) is 5.15. The van der Waals surface area contributed by atoms with E-state index in [0.717, 1.165) is 37.0 Å². The van der Waals surface area contributed by atoms with Crippen molar-refractivity contribution in [3.63, 3.8) is 0 Å². The molecular weight excluding hydrogens is 166 g/mol. The Morgan fingerprint density at radius 2 is 1.85 bits per heavy atom. The second-order valence-corrected chi connectivity index (χ2v) is 5.03. The van der Waals surface area contributed by atoms with Gasteiger partial charge in [-0.15, -0.1) is 0 Å². The van der Waals surface area contributed by atoms with Crippen molar-refractivity contribution in [1.29, 1.82) is 0 Å². The maximum atomic E-state index is 5.85. The van der Waals surface area contributed by atoms with Crippen LogP contribution in [0.3, 0.4) is 0 Å². The Balaban J connectivity index is 1.97. The minimum Gasteiger partial charge on any atom is -0.347 e. The van der Waals surface area contributed by atoms with Crippen LogP contribution in [-0.2, 0) is 9.47 Å². The maximum absolute atomic E-state index is 5.85. The van der Waals surface area contributed by atoms with Crippen molar-refractivity contribution < 1.29 is 14.0 Å². The molecule has 0 aromatic heterocycles. The van der Waals surface area contributed by atoms with Crippen LogP contribution in [0.15, 0.2) is 0 Å². The summed E-state index contributed by atoms with van der Waals surface area (Å²) in [5.74, 6) is -0.215. The van der Waals surface area contributed by atoms with Gasteiger partial charge in [0.05, 0.1) is 52.7 Å². The Kier molecular flexibility index (Phi) is 2.13. The van der Waals surface area contributed by atoms with E-state index in [1.807, 2.05) is 0 Å². The molecule has 0 aliphatic carbocycles. The molecule has 1 spiro atoms. The minimum absolute atomic E-state index is 0.215. The maximum Gasteiger partial charge on any atom is 0.179 e. The topological polar surface area (TPSA) is 18.5 Å². The third-order valence-electron chi connectivity index (χ3n) is 3.19. The van der Waals surface area contributed by atoms with E-state index >= 15 is 0 Å². The normalized spacial score (nSPS) is 36.7. The highest BCUT2D eigenvalue weighted by Gasteiger charge is 2.45. The van der Waals surface area contributed by atoms with Crippen molar-refractivity contribution in [2.75, 3.05) is 33.8 Å². The number of piperidine rings is 1. The molecule has 3 nitrogen and oxygen atoms in total. The molecule has 2 rings (SSSR count). The predicted molar refractivity (Wildman–Crippen MR) is 50.3 cm³/mol. The lowest BCUT2D eigenvalue weighted by Gasteiger charge is -2.41. The Hall–Kier alpha value is -0.120. The molecule has 0 aromatic carbocycles. The zero-order chi connectivity index (χ0) is 9.53. The first-order chi connectivity index (χ1) is 6.02. The highest BCUT2D eigenvalue weighted by atomic mass is 16.7. The van der Waals surface area contributed by atoms with Gasteiger partial charge in [0, 0.05) is 0 Å². The van der Waals surface area contributed by atoms with Crippen LogP contribution in [0.25, 0.3) is 0 Å². The van der Waals surface area contributed by atoms with Gasteiger partial charge in [-0.1, -0.05) is 0 Å². The Labute approximate surface area is 80.2 Å². The Morgan fingerprint density at radius 1 is 1.23 bits per heavy atom. The monoisotopic (exact) mass is 186 g/mol. The average Bonchev–Trinajstić information content (AvgIpc) is 2.41. The minimum atomic E-state index is -0.215. The summed E-state index contributed by atoms with van der Waals surface area (Å²) < 4.78 is 12.7. The Bertz CT molecular complexity index is 193. The molecule has 0 N–H and O–H groups in total. The lowest BCUT2D eigenvalue weighted by Crippen LogP contribution is -2.53. The van der Waals surface area contributed by atoms with Gasteiger partial charge in [0.25, 0.3) is 0 Å². The van der Waals surface area contributed by atoms with E-state index in [1.54, 1.807) is 0 Å². The SMILES string of the molecule is CC1COC2(CC[N+](C)(C)CC2)O1. The van der Waals surface area contributed by atoms with Gasteiger partial charge < -0.3 is 14.0 Å². The summed E-state index contributed by atoms with van der Waals surface area (Å²) in [6.45, 7) is 5.18. The van der Waals surface area contributed by atoms with Crippen molar-refractivity contribution in [1.82, 2.24) is 0 Å². The molecule has 0 bridgehead atoms. The number of ether oxygens (including phenoxy) is 2. The molecule has 0 radical (unpaired) electrons. The van der Waals surface area contributed by atoms with Crippen molar-refractivity contribution in [3.8, 4) is 0 Å². The molecule has 1 unspecified atom stereocenters. The fourth-order valence-corrected chi connectivity index (χ4v) is 2.15. The third-order valence-corrected chi connectivity index (χ3v) is 3.19. The zero-order valence-electron chi connectivity index (χ0n) is 8.88. The van der Waals surface area contributed by atoms with Crippen molar-refractivity contribution in [2.24, 2.45) is 0 Å². The van der Waals surface area contributed by atoms with Crippen LogP contribution in [-0.4, -0.2) is 50.2 Å². The quantitative estimate of drug-likeness (QED) is 0.525. The standard InChI is InChI=1S/C10H20NO2/c1-9-8-12-10(13-9)4-6-11(2,3)7-5-10/h9H,4-8H2,1-3H3/q+1. The lowest BCUT2D eigenvalue weighted by molar-refractivity contribution is -0.898. The van der Waals surface area contributed by atoms with Crippen molar-refractivity contribution >= 4 is 0 Å². The summed E-state index contributed by atoms with van der Waals surface area (Å²) in [7, 11) is 4.54. The number of likely N-dealkylation sites (tertiary alicyclic amines) is 1. The van der Waals surface area contributed by atoms with Gasteiger partial charge in [0.2, 0.25) is 0 Å². The summed E-state index contributed by atoms with van der Waals surface area (Å²) in [6, 6.07) is 0. The number of hydrogen-bond acceptors (Lipinski definition) is 2. The second kappa shape index (κ2) is 2.94. The highest BCUT2D eigenvalue weighted by molar-refractivity contribution is 4.79. The van der Waals surface area contributed by atoms with Gasteiger partial charge in [-0.05, 0) is 6.92 Å². The Morgan fingerprint density at radius 3 is 2.31 bits per heavy atom. The van der Waals surface area contributed by atoms with Gasteiger partial charge in [-0.3, -0.25) is 0 Å². The fraction of sp³-hybridized carbons (Fsp3) is 1.00. The molecule has 1 atom stereocenters. The second-order valence-electron chi connectivity index (χ2n) is 5.03. The first-order valence-corrected chi connectivity index (χ1v) is 5.15. The number of quaternary nitrogens is 1. The van der Waals surface area contributed by atoms with Crippen LogP contribution in [0.1, 0.15) is 19.8 Å². The molecular formula is C10H20NO2+. The number of hydrogen-bond donors (Lipinski definition) is 0. The summed E-state index contributed by atoms with van der Waals surface area (Å²) >= 11 is 0. The van der Waals surface area contributed by atoms with Gasteiger partial charge in [-0.25, -0.2) is 0 Å². The molecule has 2 heterocycles. The molecule has 2 fully saturated rings. The molecule has 0 aromatic rings. The van der Waals surface area contributed by atoms with Crippen LogP contribution in [0.5, 0.6) is 0 Å². The van der Waals surface area contributed by atoms with Crippen LogP contribution in [0.4, 0.5) is 0 Å². The van der Waals surface area contributed by atoms with Gasteiger partial charge >= 0.3 is 0 Å². The van der Waals surface area contributed by atoms with E-state index in [9.17, 15) is 0 Å². The zero-order valence-corrected chi connectivity index (χ0v) is 8.88. The van der Waals surface area contributed by atoms with Crippen LogP contribution in [0, 0.1) is 0 Å². The molecule has 76 valence electrons. The summed E-state index contributed by atoms with van der Waals surface area (Å²) in [4.78, 5) is 0. The molecule has 0 saturated carbocycles. The van der Waals surface area contributed by atoms with Gasteiger partial charge in [-0.2, -0.15) is 0 Å². The van der Waals surface area contributed by atoms with E-state index in [2.05, 4.69) is 21.0 Å². The van der Waals surface area contributed by atoms with Gasteiger partial charge in [0.1, 0.15) is 0 Å². The van der Waals surface area contributed by atoms with Crippen LogP contribution >= 0.6 is 0 Å². The molecule has 13 heavy (non-hydrogen) atoms. The average molecular weight is 186 g/mol. The number of nitrogens with zero attached hydrogens (tertiary/aromatic N) is 1. The lowest BCUT2D eigenvalue weighted by atomic mass is 10.0. The predicted octanol–water partition coefficient (Wildman–Crippen LogP) is 0.988. The molecule has 2 saturated heterocycles. The highest BCUT2D eigenvalue weighted by Crippen LogP contribution is 2.34. The van der Waals surface area contributed by atoms with Crippen LogP contribution in [0.2, 0.25) is 0 Å². The number of rotatable bonds is 0. The van der Waals surface area contributed by atoms with E-state index < -0.39 is 0 Å². The van der Waals surface area contributed by atoms with Gasteiger partial charge in [0.15, 0.2) is 5.79 Å². The van der Waals surface area contributed by atoms with Crippen molar-refractivity contribution in [3.05, 3.63) is 0 Å². The summed E-state index contributed by atoms with van der Waals surface area (Å²) in [5, 5.41) is 0. The fourth-order valence-electron chi connectivity index (χ4n) is 2.15. The summed E-state index contributed by atoms with van der Waals surface area (Å²) in [6.07, 6.45) is 2.38. The molecule has 0 amide bonds. The molecule has 2 aliphatic heterocycles. The van der Waals surface area contributed by atoms with E-state index in [0.29, 0.717) is 0 Å². The molecule has 3 heteroatoms. The summed E-state index contributed by atoms with van der Waals surface area (Å²) in [5.41, 5.74) is 0. The van der Waals surface area contributed by atoms with E-state index in [-0.39, 0.29) is 11.9 Å². The van der Waals surface area contributed by atoms with E-state index in [4.69, 9.17) is 9.47 Å². The largest absolute Gasteiger partial charge is 0.347 e. The third kappa shape index (κ3) is 1.87. The first kappa shape index (κ1) is 9.44. The molecule has 2 aliphatic rings. The van der Waals surface area contributed by atoms with E-state index in [1.165, 1.54) is 0 Å². The van der Waals surface area contributed by atoms with Crippen molar-refractivity contribution in [2.45, 2.75) is 31.7 Å². The smallest absolute Gasteiger partial charge is 0.179 e.